The lowest BCUT2D eigenvalue weighted by atomic mass is 9.94. The van der Waals surface area contributed by atoms with Crippen LogP contribution in [-0.4, -0.2) is 29.5 Å². The summed E-state index contributed by atoms with van der Waals surface area (Å²) in [6.07, 6.45) is 0.686. The predicted molar refractivity (Wildman–Crippen MR) is 45.3 cm³/mol. The molecule has 2 aliphatic rings. The molecule has 4 nitrogen and oxygen atoms in total. The fraction of sp³-hybridized carbons (Fsp3) is 0.778. The number of hydrogen-bond acceptors (Lipinski definition) is 2. The van der Waals surface area contributed by atoms with Crippen LogP contribution >= 0.6 is 0 Å². The lowest BCUT2D eigenvalue weighted by molar-refractivity contribution is -0.142. The average molecular weight is 219 g/mol. The molecule has 0 spiro atoms. The number of fused-ring (bicyclic) bond motifs is 1. The molecule has 2 aliphatic carbocycles. The normalized spacial score (nSPS) is 37.9. The number of carboxylic acid groups (broad SMARTS) is 1. The largest absolute Gasteiger partial charge is 0.480 e. The minimum Gasteiger partial charge on any atom is -0.480 e. The highest BCUT2D eigenvalue weighted by Gasteiger charge is 2.72. The van der Waals surface area contributed by atoms with Gasteiger partial charge in [0.2, 0.25) is 6.41 Å². The van der Waals surface area contributed by atoms with Crippen LogP contribution in [0.15, 0.2) is 0 Å². The minimum atomic E-state index is -2.60. The summed E-state index contributed by atoms with van der Waals surface area (Å²) in [4.78, 5) is 20.9. The molecule has 3 unspecified atom stereocenters. The van der Waals surface area contributed by atoms with E-state index in [-0.39, 0.29) is 18.8 Å². The highest BCUT2D eigenvalue weighted by Crippen LogP contribution is 2.66. The van der Waals surface area contributed by atoms with Crippen molar-refractivity contribution >= 4 is 12.4 Å². The predicted octanol–water partition coefficient (Wildman–Crippen LogP) is 0.477. The maximum Gasteiger partial charge on any atom is 0.326 e. The molecule has 84 valence electrons. The van der Waals surface area contributed by atoms with Crippen molar-refractivity contribution in [3.05, 3.63) is 0 Å². The molecule has 0 aromatic carbocycles. The van der Waals surface area contributed by atoms with Gasteiger partial charge >= 0.3 is 5.97 Å². The second-order valence-electron chi connectivity index (χ2n) is 4.22. The SMILES string of the molecule is O=CNC(C(=O)O)C1CC2C(C1)C2(F)F. The summed E-state index contributed by atoms with van der Waals surface area (Å²) in [5.74, 6) is -5.45. The zero-order valence-corrected chi connectivity index (χ0v) is 7.82. The molecule has 0 bridgehead atoms. The van der Waals surface area contributed by atoms with Gasteiger partial charge in [-0.1, -0.05) is 0 Å². The number of carbonyl (C=O) groups excluding carboxylic acids is 1. The minimum absolute atomic E-state index is 0.190. The molecule has 1 amide bonds. The summed E-state index contributed by atoms with van der Waals surface area (Å²) in [6, 6.07) is -1.02. The average Bonchev–Trinajstić information content (AvgIpc) is 2.57. The first kappa shape index (κ1) is 10.3. The van der Waals surface area contributed by atoms with Gasteiger partial charge in [0.15, 0.2) is 0 Å². The molecule has 0 aromatic rings. The first-order chi connectivity index (χ1) is 6.98. The number of nitrogens with one attached hydrogen (secondary N) is 1. The quantitative estimate of drug-likeness (QED) is 0.676. The van der Waals surface area contributed by atoms with Crippen molar-refractivity contribution in [3.8, 4) is 0 Å². The van der Waals surface area contributed by atoms with E-state index in [2.05, 4.69) is 5.32 Å². The molecule has 15 heavy (non-hydrogen) atoms. The molecular formula is C9H11F2NO3. The van der Waals surface area contributed by atoms with Gasteiger partial charge in [-0.05, 0) is 18.8 Å². The molecular weight excluding hydrogens is 208 g/mol. The highest BCUT2D eigenvalue weighted by atomic mass is 19.3. The van der Waals surface area contributed by atoms with Gasteiger partial charge in [-0.15, -0.1) is 0 Å². The van der Waals surface area contributed by atoms with Crippen molar-refractivity contribution in [1.82, 2.24) is 5.32 Å². The third kappa shape index (κ3) is 1.48. The van der Waals surface area contributed by atoms with E-state index in [1.807, 2.05) is 0 Å². The van der Waals surface area contributed by atoms with Crippen LogP contribution in [0, 0.1) is 17.8 Å². The topological polar surface area (TPSA) is 66.4 Å². The number of rotatable bonds is 4. The van der Waals surface area contributed by atoms with Crippen LogP contribution in [0.25, 0.3) is 0 Å². The second-order valence-corrected chi connectivity index (χ2v) is 4.22. The number of halogens is 2. The zero-order valence-electron chi connectivity index (χ0n) is 7.82. The third-order valence-electron chi connectivity index (χ3n) is 3.46. The highest BCUT2D eigenvalue weighted by molar-refractivity contribution is 5.76. The molecule has 2 N–H and O–H groups in total. The van der Waals surface area contributed by atoms with E-state index in [4.69, 9.17) is 5.11 Å². The van der Waals surface area contributed by atoms with Gasteiger partial charge in [0.1, 0.15) is 6.04 Å². The Morgan fingerprint density at radius 1 is 1.47 bits per heavy atom. The number of carbonyl (C=O) groups is 2. The first-order valence-corrected chi connectivity index (χ1v) is 4.78. The Morgan fingerprint density at radius 2 is 2.00 bits per heavy atom. The Balaban J connectivity index is 1.97. The van der Waals surface area contributed by atoms with Crippen LogP contribution in [0.3, 0.4) is 0 Å². The summed E-state index contributed by atoms with van der Waals surface area (Å²) in [7, 11) is 0. The maximum atomic E-state index is 12.8. The van der Waals surface area contributed by atoms with E-state index in [0.29, 0.717) is 6.41 Å². The van der Waals surface area contributed by atoms with Gasteiger partial charge in [-0.2, -0.15) is 0 Å². The van der Waals surface area contributed by atoms with Crippen LogP contribution < -0.4 is 5.32 Å². The number of amides is 1. The molecule has 2 saturated carbocycles. The van der Waals surface area contributed by atoms with Crippen molar-refractivity contribution < 1.29 is 23.5 Å². The fourth-order valence-electron chi connectivity index (χ4n) is 2.61. The molecule has 0 radical (unpaired) electrons. The molecule has 0 heterocycles. The Hall–Kier alpha value is -1.20. The molecule has 3 atom stereocenters. The molecule has 0 saturated heterocycles. The smallest absolute Gasteiger partial charge is 0.326 e. The zero-order chi connectivity index (χ0) is 11.2. The summed E-state index contributed by atoms with van der Waals surface area (Å²) < 4.78 is 25.7. The molecule has 6 heteroatoms. The summed E-state index contributed by atoms with van der Waals surface area (Å²) >= 11 is 0. The maximum absolute atomic E-state index is 12.8. The van der Waals surface area contributed by atoms with Crippen molar-refractivity contribution in [3.63, 3.8) is 0 Å². The summed E-state index contributed by atoms with van der Waals surface area (Å²) in [6.45, 7) is 0. The van der Waals surface area contributed by atoms with Crippen molar-refractivity contribution in [2.24, 2.45) is 17.8 Å². The van der Waals surface area contributed by atoms with Crippen LogP contribution in [0.4, 0.5) is 8.78 Å². The van der Waals surface area contributed by atoms with Gasteiger partial charge in [0.25, 0.3) is 5.92 Å². The van der Waals surface area contributed by atoms with Crippen LogP contribution in [0.1, 0.15) is 12.8 Å². The van der Waals surface area contributed by atoms with E-state index in [1.165, 1.54) is 0 Å². The monoisotopic (exact) mass is 219 g/mol. The lowest BCUT2D eigenvalue weighted by Crippen LogP contribution is -2.42. The van der Waals surface area contributed by atoms with E-state index < -0.39 is 29.8 Å². The first-order valence-electron chi connectivity index (χ1n) is 4.78. The molecule has 2 fully saturated rings. The van der Waals surface area contributed by atoms with E-state index in [1.54, 1.807) is 0 Å². The standard InChI is InChI=1S/C9H11F2NO3/c10-9(11)5-1-4(2-6(5)9)7(8(14)15)12-3-13/h3-7H,1-2H2,(H,12,13)(H,14,15). The van der Waals surface area contributed by atoms with E-state index in [0.717, 1.165) is 0 Å². The summed E-state index contributed by atoms with van der Waals surface area (Å²) in [5.41, 5.74) is 0. The van der Waals surface area contributed by atoms with Crippen LogP contribution in [-0.2, 0) is 9.59 Å². The summed E-state index contributed by atoms with van der Waals surface area (Å²) in [5, 5.41) is 11.0. The van der Waals surface area contributed by atoms with Gasteiger partial charge in [-0.25, -0.2) is 13.6 Å². The lowest BCUT2D eigenvalue weighted by Gasteiger charge is -2.20. The Kier molecular flexibility index (Phi) is 2.17. The number of carboxylic acids is 1. The van der Waals surface area contributed by atoms with E-state index in [9.17, 15) is 18.4 Å². The second kappa shape index (κ2) is 3.15. The van der Waals surface area contributed by atoms with Gasteiger partial charge < -0.3 is 10.4 Å². The Labute approximate surface area is 84.6 Å². The Bertz CT molecular complexity index is 294. The van der Waals surface area contributed by atoms with Crippen LogP contribution in [0.2, 0.25) is 0 Å². The van der Waals surface area contributed by atoms with E-state index >= 15 is 0 Å². The number of aliphatic carboxylic acids is 1. The van der Waals surface area contributed by atoms with Crippen molar-refractivity contribution in [2.45, 2.75) is 24.8 Å². The number of alkyl halides is 2. The van der Waals surface area contributed by atoms with Crippen LogP contribution in [0.5, 0.6) is 0 Å². The number of hydrogen-bond donors (Lipinski definition) is 2. The van der Waals surface area contributed by atoms with Gasteiger partial charge in [0, 0.05) is 11.8 Å². The molecule has 0 aliphatic heterocycles. The van der Waals surface area contributed by atoms with Crippen molar-refractivity contribution in [2.75, 3.05) is 0 Å². The molecule has 2 rings (SSSR count). The van der Waals surface area contributed by atoms with Gasteiger partial charge in [0.05, 0.1) is 0 Å². The van der Waals surface area contributed by atoms with Crippen molar-refractivity contribution in [1.29, 1.82) is 0 Å². The fourth-order valence-corrected chi connectivity index (χ4v) is 2.61. The third-order valence-corrected chi connectivity index (χ3v) is 3.46. The molecule has 0 aromatic heterocycles. The Morgan fingerprint density at radius 3 is 2.40 bits per heavy atom. The van der Waals surface area contributed by atoms with Gasteiger partial charge in [-0.3, -0.25) is 4.79 Å².